The predicted octanol–water partition coefficient (Wildman–Crippen LogP) is 4.37. The van der Waals surface area contributed by atoms with Gasteiger partial charge in [-0.3, -0.25) is 9.78 Å². The molecule has 0 atom stereocenters. The van der Waals surface area contributed by atoms with Crippen LogP contribution in [-0.2, 0) is 23.1 Å². The SMILES string of the molecule is CCOc1ccc2[nH]c(=O)c(CN(Cc3cccnc3)S(=O)(=O)c3ccc(Cl)cc3)cc2c1. The number of benzene rings is 2. The van der Waals surface area contributed by atoms with Gasteiger partial charge in [0, 0.05) is 47.0 Å². The number of aromatic nitrogens is 2. The van der Waals surface area contributed by atoms with Crippen molar-refractivity contribution in [3.63, 3.8) is 0 Å². The number of rotatable bonds is 8. The number of sulfonamides is 1. The summed E-state index contributed by atoms with van der Waals surface area (Å²) in [5, 5.41) is 1.18. The highest BCUT2D eigenvalue weighted by atomic mass is 35.5. The summed E-state index contributed by atoms with van der Waals surface area (Å²) in [6.07, 6.45) is 3.22. The van der Waals surface area contributed by atoms with Crippen LogP contribution in [0.1, 0.15) is 18.1 Å². The summed E-state index contributed by atoms with van der Waals surface area (Å²) in [6.45, 7) is 2.33. The molecule has 0 spiro atoms. The summed E-state index contributed by atoms with van der Waals surface area (Å²) in [5.41, 5.74) is 1.31. The first-order valence-corrected chi connectivity index (χ1v) is 12.1. The molecular formula is C24H22ClN3O4S. The fourth-order valence-corrected chi connectivity index (χ4v) is 5.00. The topological polar surface area (TPSA) is 92.4 Å². The highest BCUT2D eigenvalue weighted by Gasteiger charge is 2.26. The molecule has 2 heterocycles. The lowest BCUT2D eigenvalue weighted by atomic mass is 10.1. The minimum Gasteiger partial charge on any atom is -0.494 e. The first kappa shape index (κ1) is 23.0. The van der Waals surface area contributed by atoms with Gasteiger partial charge in [0.05, 0.1) is 11.5 Å². The van der Waals surface area contributed by atoms with Crippen LogP contribution in [0.3, 0.4) is 0 Å². The third-order valence-electron chi connectivity index (χ3n) is 5.08. The van der Waals surface area contributed by atoms with E-state index in [1.54, 1.807) is 42.7 Å². The number of pyridine rings is 2. The summed E-state index contributed by atoms with van der Waals surface area (Å²) in [6, 6.07) is 16.5. The molecule has 0 fully saturated rings. The minimum absolute atomic E-state index is 0.0509. The smallest absolute Gasteiger partial charge is 0.252 e. The molecule has 9 heteroatoms. The van der Waals surface area contributed by atoms with Crippen molar-refractivity contribution in [2.75, 3.05) is 6.61 Å². The van der Waals surface area contributed by atoms with E-state index in [0.29, 0.717) is 34.0 Å². The Balaban J connectivity index is 1.76. The van der Waals surface area contributed by atoms with Gasteiger partial charge in [-0.2, -0.15) is 4.31 Å². The van der Waals surface area contributed by atoms with Gasteiger partial charge >= 0.3 is 0 Å². The van der Waals surface area contributed by atoms with E-state index in [1.165, 1.54) is 28.6 Å². The molecule has 2 aromatic carbocycles. The van der Waals surface area contributed by atoms with Gasteiger partial charge in [0.1, 0.15) is 5.75 Å². The van der Waals surface area contributed by atoms with Gasteiger partial charge in [-0.1, -0.05) is 17.7 Å². The van der Waals surface area contributed by atoms with Crippen LogP contribution in [0.15, 0.2) is 82.7 Å². The number of nitrogens with zero attached hydrogens (tertiary/aromatic N) is 2. The number of H-pyrrole nitrogens is 1. The third kappa shape index (κ3) is 5.24. The van der Waals surface area contributed by atoms with Crippen LogP contribution < -0.4 is 10.3 Å². The average Bonchev–Trinajstić information content (AvgIpc) is 2.80. The Kier molecular flexibility index (Phi) is 6.78. The van der Waals surface area contributed by atoms with Crippen molar-refractivity contribution >= 4 is 32.5 Å². The number of hydrogen-bond donors (Lipinski definition) is 1. The van der Waals surface area contributed by atoms with Crippen molar-refractivity contribution in [2.45, 2.75) is 24.9 Å². The van der Waals surface area contributed by atoms with Crippen LogP contribution >= 0.6 is 11.6 Å². The molecule has 0 unspecified atom stereocenters. The lowest BCUT2D eigenvalue weighted by Gasteiger charge is -2.22. The van der Waals surface area contributed by atoms with Crippen molar-refractivity contribution < 1.29 is 13.2 Å². The van der Waals surface area contributed by atoms with E-state index in [0.717, 1.165) is 5.39 Å². The van der Waals surface area contributed by atoms with Crippen molar-refractivity contribution in [1.29, 1.82) is 0 Å². The maximum Gasteiger partial charge on any atom is 0.252 e. The molecule has 2 aromatic heterocycles. The monoisotopic (exact) mass is 483 g/mol. The van der Waals surface area contributed by atoms with Gasteiger partial charge in [0.2, 0.25) is 10.0 Å². The molecular weight excluding hydrogens is 462 g/mol. The van der Waals surface area contributed by atoms with Gasteiger partial charge in [-0.15, -0.1) is 0 Å². The van der Waals surface area contributed by atoms with E-state index < -0.39 is 10.0 Å². The third-order valence-corrected chi connectivity index (χ3v) is 7.14. The molecule has 0 radical (unpaired) electrons. The summed E-state index contributed by atoms with van der Waals surface area (Å²) < 4.78 is 33.8. The normalized spacial score (nSPS) is 11.7. The van der Waals surface area contributed by atoms with Gasteiger partial charge in [-0.25, -0.2) is 8.42 Å². The van der Waals surface area contributed by atoms with Crippen LogP contribution in [0.2, 0.25) is 5.02 Å². The maximum absolute atomic E-state index is 13.5. The molecule has 0 saturated carbocycles. The zero-order valence-electron chi connectivity index (χ0n) is 17.9. The second-order valence-corrected chi connectivity index (χ2v) is 9.77. The van der Waals surface area contributed by atoms with Crippen LogP contribution in [0.5, 0.6) is 5.75 Å². The predicted molar refractivity (Wildman–Crippen MR) is 128 cm³/mol. The largest absolute Gasteiger partial charge is 0.494 e. The van der Waals surface area contributed by atoms with Crippen LogP contribution in [-0.4, -0.2) is 29.3 Å². The van der Waals surface area contributed by atoms with E-state index in [2.05, 4.69) is 9.97 Å². The number of ether oxygens (including phenoxy) is 1. The number of aromatic amines is 1. The zero-order valence-corrected chi connectivity index (χ0v) is 19.4. The fraction of sp³-hybridized carbons (Fsp3) is 0.167. The lowest BCUT2D eigenvalue weighted by molar-refractivity contribution is 0.340. The molecule has 4 rings (SSSR count). The maximum atomic E-state index is 13.5. The average molecular weight is 484 g/mol. The van der Waals surface area contributed by atoms with Crippen LogP contribution in [0, 0.1) is 0 Å². The molecule has 1 N–H and O–H groups in total. The Labute approximate surface area is 196 Å². The molecule has 0 aliphatic rings. The molecule has 0 saturated heterocycles. The van der Waals surface area contributed by atoms with Crippen molar-refractivity contribution in [1.82, 2.24) is 14.3 Å². The second-order valence-electron chi connectivity index (χ2n) is 7.39. The molecule has 0 aliphatic heterocycles. The molecule has 33 heavy (non-hydrogen) atoms. The van der Waals surface area contributed by atoms with Crippen LogP contribution in [0.25, 0.3) is 10.9 Å². The molecule has 7 nitrogen and oxygen atoms in total. The number of nitrogens with one attached hydrogen (secondary N) is 1. The number of halogens is 1. The van der Waals surface area contributed by atoms with Gasteiger partial charge in [0.15, 0.2) is 0 Å². The van der Waals surface area contributed by atoms with Crippen molar-refractivity contribution in [3.8, 4) is 5.75 Å². The first-order chi connectivity index (χ1) is 15.9. The van der Waals surface area contributed by atoms with Gasteiger partial charge < -0.3 is 9.72 Å². The van der Waals surface area contributed by atoms with Gasteiger partial charge in [-0.05, 0) is 67.1 Å². The van der Waals surface area contributed by atoms with E-state index in [4.69, 9.17) is 16.3 Å². The van der Waals surface area contributed by atoms with Gasteiger partial charge in [0.25, 0.3) is 5.56 Å². The first-order valence-electron chi connectivity index (χ1n) is 10.3. The molecule has 0 amide bonds. The second kappa shape index (κ2) is 9.74. The minimum atomic E-state index is -3.93. The van der Waals surface area contributed by atoms with Crippen molar-refractivity contribution in [2.24, 2.45) is 0 Å². The van der Waals surface area contributed by atoms with Crippen molar-refractivity contribution in [3.05, 3.63) is 99.6 Å². The van der Waals surface area contributed by atoms with E-state index in [9.17, 15) is 13.2 Å². The summed E-state index contributed by atoms with van der Waals surface area (Å²) >= 11 is 5.94. The number of fused-ring (bicyclic) bond motifs is 1. The summed E-state index contributed by atoms with van der Waals surface area (Å²) in [4.78, 5) is 19.8. The molecule has 0 bridgehead atoms. The Morgan fingerprint density at radius 2 is 1.85 bits per heavy atom. The van der Waals surface area contributed by atoms with E-state index in [1.807, 2.05) is 13.0 Å². The Hall–Kier alpha value is -3.20. The molecule has 0 aliphatic carbocycles. The highest BCUT2D eigenvalue weighted by molar-refractivity contribution is 7.89. The van der Waals surface area contributed by atoms with E-state index >= 15 is 0 Å². The quantitative estimate of drug-likeness (QED) is 0.402. The fourth-order valence-electron chi connectivity index (χ4n) is 3.47. The van der Waals surface area contributed by atoms with E-state index in [-0.39, 0.29) is 23.5 Å². The molecule has 170 valence electrons. The Morgan fingerprint density at radius 1 is 1.06 bits per heavy atom. The Bertz CT molecular complexity index is 1420. The standard InChI is InChI=1S/C24H22ClN3O4S/c1-2-32-21-7-10-23-18(13-21)12-19(24(29)27-23)16-28(15-17-4-3-11-26-14-17)33(30,31)22-8-5-20(25)6-9-22/h3-14H,2,15-16H2,1H3,(H,27,29). The zero-order chi connectivity index (χ0) is 23.4. The Morgan fingerprint density at radius 3 is 2.55 bits per heavy atom. The lowest BCUT2D eigenvalue weighted by Crippen LogP contribution is -2.32. The molecule has 4 aromatic rings. The van der Waals surface area contributed by atoms with Crippen LogP contribution in [0.4, 0.5) is 0 Å². The summed E-state index contributed by atoms with van der Waals surface area (Å²) in [7, 11) is -3.93. The number of hydrogen-bond acceptors (Lipinski definition) is 5. The summed E-state index contributed by atoms with van der Waals surface area (Å²) in [5.74, 6) is 0.670. The highest BCUT2D eigenvalue weighted by Crippen LogP contribution is 2.24.